The molecule has 1 fully saturated rings. The highest BCUT2D eigenvalue weighted by Gasteiger charge is 2.40. The standard InChI is InChI=1S/C16H13F3N4O6/c17-16(18,19)10-8-11(22(25)26)14(12(9-10)23(27)28)20-3-5-21(6-4-20)15(24)13-2-1-7-29-13/h1-2,7-9H,3-6H2. The van der Waals surface area contributed by atoms with Crippen molar-refractivity contribution in [3.63, 3.8) is 0 Å². The Morgan fingerprint density at radius 2 is 1.59 bits per heavy atom. The Hall–Kier alpha value is -3.64. The fourth-order valence-corrected chi connectivity index (χ4v) is 3.06. The van der Waals surface area contributed by atoms with Gasteiger partial charge in [0.2, 0.25) is 0 Å². The highest BCUT2D eigenvalue weighted by molar-refractivity contribution is 5.91. The van der Waals surface area contributed by atoms with Crippen LogP contribution in [0.15, 0.2) is 34.9 Å². The maximum atomic E-state index is 13.0. The molecule has 13 heteroatoms. The summed E-state index contributed by atoms with van der Waals surface area (Å²) in [5.41, 5.74) is -4.03. The lowest BCUT2D eigenvalue weighted by molar-refractivity contribution is -0.393. The van der Waals surface area contributed by atoms with Crippen molar-refractivity contribution in [3.8, 4) is 0 Å². The van der Waals surface area contributed by atoms with Crippen molar-refractivity contribution in [2.45, 2.75) is 6.18 Å². The minimum atomic E-state index is -4.98. The number of nitro groups is 2. The topological polar surface area (TPSA) is 123 Å². The van der Waals surface area contributed by atoms with Gasteiger partial charge in [0, 0.05) is 38.3 Å². The molecular weight excluding hydrogens is 401 g/mol. The molecule has 29 heavy (non-hydrogen) atoms. The summed E-state index contributed by atoms with van der Waals surface area (Å²) in [5, 5.41) is 22.7. The quantitative estimate of drug-likeness (QED) is 0.556. The monoisotopic (exact) mass is 414 g/mol. The molecule has 0 N–H and O–H groups in total. The molecule has 0 radical (unpaired) electrons. The SMILES string of the molecule is O=C(c1ccco1)N1CCN(c2c([N+](=O)[O-])cc(C(F)(F)F)cc2[N+](=O)[O-])CC1. The van der Waals surface area contributed by atoms with Gasteiger partial charge in [-0.3, -0.25) is 25.0 Å². The first-order valence-corrected chi connectivity index (χ1v) is 8.21. The number of nitrogens with zero attached hydrogens (tertiary/aromatic N) is 4. The van der Waals surface area contributed by atoms with Crippen LogP contribution in [0.3, 0.4) is 0 Å². The van der Waals surface area contributed by atoms with E-state index in [0.717, 1.165) is 0 Å². The Bertz CT molecular complexity index is 917. The molecule has 2 aromatic rings. The van der Waals surface area contributed by atoms with Crippen LogP contribution < -0.4 is 4.90 Å². The van der Waals surface area contributed by atoms with E-state index in [1.54, 1.807) is 0 Å². The first kappa shape index (κ1) is 20.1. The summed E-state index contributed by atoms with van der Waals surface area (Å²) in [4.78, 5) is 35.5. The van der Waals surface area contributed by atoms with Gasteiger partial charge in [0.05, 0.1) is 21.7 Å². The van der Waals surface area contributed by atoms with Crippen LogP contribution in [0.4, 0.5) is 30.2 Å². The molecule has 154 valence electrons. The number of furan rings is 1. The molecule has 1 saturated heterocycles. The van der Waals surface area contributed by atoms with Gasteiger partial charge in [-0.1, -0.05) is 0 Å². The van der Waals surface area contributed by atoms with E-state index < -0.39 is 44.6 Å². The van der Waals surface area contributed by atoms with Crippen molar-refractivity contribution in [3.05, 3.63) is 62.1 Å². The number of carbonyl (C=O) groups is 1. The second kappa shape index (κ2) is 7.41. The predicted molar refractivity (Wildman–Crippen MR) is 91.6 cm³/mol. The molecule has 1 aromatic heterocycles. The fourth-order valence-electron chi connectivity index (χ4n) is 3.06. The summed E-state index contributed by atoms with van der Waals surface area (Å²) >= 11 is 0. The maximum Gasteiger partial charge on any atom is 0.416 e. The number of hydrogen-bond donors (Lipinski definition) is 0. The molecule has 0 bridgehead atoms. The number of piperazine rings is 1. The number of amides is 1. The van der Waals surface area contributed by atoms with Crippen LogP contribution in [0.25, 0.3) is 0 Å². The average molecular weight is 414 g/mol. The third-order valence-electron chi connectivity index (χ3n) is 4.41. The van der Waals surface area contributed by atoms with Gasteiger partial charge < -0.3 is 14.2 Å². The van der Waals surface area contributed by atoms with Crippen LogP contribution in [0.1, 0.15) is 16.1 Å². The number of halogens is 3. The molecular formula is C16H13F3N4O6. The van der Waals surface area contributed by atoms with E-state index in [-0.39, 0.29) is 44.1 Å². The first-order chi connectivity index (χ1) is 13.6. The highest BCUT2D eigenvalue weighted by Crippen LogP contribution is 2.43. The lowest BCUT2D eigenvalue weighted by atomic mass is 10.1. The Morgan fingerprint density at radius 1 is 1.03 bits per heavy atom. The Kier molecular flexibility index (Phi) is 5.14. The summed E-state index contributed by atoms with van der Waals surface area (Å²) < 4.78 is 44.1. The molecule has 1 aliphatic heterocycles. The molecule has 1 amide bonds. The summed E-state index contributed by atoms with van der Waals surface area (Å²) in [6.45, 7) is 0.0166. The number of benzene rings is 1. The minimum Gasteiger partial charge on any atom is -0.459 e. The molecule has 10 nitrogen and oxygen atoms in total. The minimum absolute atomic E-state index is 0.0422. The molecule has 1 aliphatic rings. The molecule has 0 unspecified atom stereocenters. The molecule has 0 atom stereocenters. The van der Waals surface area contributed by atoms with Crippen molar-refractivity contribution < 1.29 is 32.2 Å². The van der Waals surface area contributed by atoms with Gasteiger partial charge in [-0.05, 0) is 12.1 Å². The lowest BCUT2D eigenvalue weighted by Gasteiger charge is -2.35. The van der Waals surface area contributed by atoms with Crippen LogP contribution in [-0.2, 0) is 6.18 Å². The summed E-state index contributed by atoms with van der Waals surface area (Å²) in [6, 6.07) is 3.55. The highest BCUT2D eigenvalue weighted by atomic mass is 19.4. The zero-order chi connectivity index (χ0) is 21.3. The van der Waals surface area contributed by atoms with E-state index in [4.69, 9.17) is 4.42 Å². The largest absolute Gasteiger partial charge is 0.459 e. The van der Waals surface area contributed by atoms with Gasteiger partial charge in [0.1, 0.15) is 0 Å². The van der Waals surface area contributed by atoms with E-state index in [0.29, 0.717) is 0 Å². The predicted octanol–water partition coefficient (Wildman–Crippen LogP) is 3.08. The van der Waals surface area contributed by atoms with Gasteiger partial charge in [0.15, 0.2) is 11.4 Å². The second-order valence-electron chi connectivity index (χ2n) is 6.13. The maximum absolute atomic E-state index is 13.0. The zero-order valence-corrected chi connectivity index (χ0v) is 14.6. The van der Waals surface area contributed by atoms with Gasteiger partial charge in [-0.2, -0.15) is 13.2 Å². The zero-order valence-electron chi connectivity index (χ0n) is 14.6. The van der Waals surface area contributed by atoms with Crippen LogP contribution in [0.5, 0.6) is 0 Å². The van der Waals surface area contributed by atoms with E-state index in [2.05, 4.69) is 0 Å². The smallest absolute Gasteiger partial charge is 0.416 e. The molecule has 0 spiro atoms. The van der Waals surface area contributed by atoms with Crippen molar-refractivity contribution >= 4 is 23.0 Å². The Labute approximate surface area is 160 Å². The van der Waals surface area contributed by atoms with E-state index in [1.165, 1.54) is 28.2 Å². The van der Waals surface area contributed by atoms with Gasteiger partial charge in [-0.25, -0.2) is 0 Å². The number of carbonyl (C=O) groups excluding carboxylic acids is 1. The molecule has 1 aromatic carbocycles. The van der Waals surface area contributed by atoms with Crippen LogP contribution in [0.2, 0.25) is 0 Å². The Morgan fingerprint density at radius 3 is 2.00 bits per heavy atom. The van der Waals surface area contributed by atoms with Crippen molar-refractivity contribution in [2.75, 3.05) is 31.1 Å². The number of nitro benzene ring substituents is 2. The number of alkyl halides is 3. The van der Waals surface area contributed by atoms with Gasteiger partial charge in [0.25, 0.3) is 17.3 Å². The van der Waals surface area contributed by atoms with Gasteiger partial charge in [-0.15, -0.1) is 0 Å². The van der Waals surface area contributed by atoms with E-state index >= 15 is 0 Å². The van der Waals surface area contributed by atoms with E-state index in [9.17, 15) is 38.2 Å². The summed E-state index contributed by atoms with van der Waals surface area (Å²) in [7, 11) is 0. The molecule has 0 aliphatic carbocycles. The van der Waals surface area contributed by atoms with Crippen LogP contribution in [0, 0.1) is 20.2 Å². The van der Waals surface area contributed by atoms with Crippen molar-refractivity contribution in [1.82, 2.24) is 4.90 Å². The number of rotatable bonds is 4. The van der Waals surface area contributed by atoms with E-state index in [1.807, 2.05) is 0 Å². The number of hydrogen-bond acceptors (Lipinski definition) is 7. The van der Waals surface area contributed by atoms with Crippen LogP contribution in [-0.4, -0.2) is 46.8 Å². The van der Waals surface area contributed by atoms with Crippen LogP contribution >= 0.6 is 0 Å². The molecule has 3 rings (SSSR count). The van der Waals surface area contributed by atoms with Crippen molar-refractivity contribution in [2.24, 2.45) is 0 Å². The average Bonchev–Trinajstić information content (AvgIpc) is 3.20. The molecule has 2 heterocycles. The normalized spacial score (nSPS) is 14.7. The summed E-state index contributed by atoms with van der Waals surface area (Å²) in [6.07, 6.45) is -3.67. The van der Waals surface area contributed by atoms with Crippen molar-refractivity contribution in [1.29, 1.82) is 0 Å². The fraction of sp³-hybridized carbons (Fsp3) is 0.312. The third-order valence-corrected chi connectivity index (χ3v) is 4.41. The van der Waals surface area contributed by atoms with Gasteiger partial charge >= 0.3 is 6.18 Å². The third kappa shape index (κ3) is 3.97. The Balaban J connectivity index is 1.93. The lowest BCUT2D eigenvalue weighted by Crippen LogP contribution is -2.49. The number of anilines is 1. The second-order valence-corrected chi connectivity index (χ2v) is 6.13. The summed E-state index contributed by atoms with van der Waals surface area (Å²) in [5.74, 6) is -0.337. The molecule has 0 saturated carbocycles. The first-order valence-electron chi connectivity index (χ1n) is 8.21.